The van der Waals surface area contributed by atoms with E-state index < -0.39 is 0 Å². The van der Waals surface area contributed by atoms with Crippen molar-refractivity contribution in [2.75, 3.05) is 0 Å². The lowest BCUT2D eigenvalue weighted by atomic mass is 10.1. The maximum atomic E-state index is 9.98. The van der Waals surface area contributed by atoms with Crippen LogP contribution in [-0.4, -0.2) is 14.7 Å². The van der Waals surface area contributed by atoms with Crippen molar-refractivity contribution >= 4 is 0 Å². The molecule has 0 saturated heterocycles. The fourth-order valence-corrected chi connectivity index (χ4v) is 1.77. The van der Waals surface area contributed by atoms with Gasteiger partial charge in [0.05, 0.1) is 24.3 Å². The molecule has 1 atom stereocenters. The minimum Gasteiger partial charge on any atom is -0.387 e. The van der Waals surface area contributed by atoms with Gasteiger partial charge in [0.15, 0.2) is 0 Å². The number of aliphatic hydroxyl groups is 1. The van der Waals surface area contributed by atoms with Crippen LogP contribution in [0.2, 0.25) is 0 Å². The predicted octanol–water partition coefficient (Wildman–Crippen LogP) is 2.91. The van der Waals surface area contributed by atoms with Crippen molar-refractivity contribution in [1.82, 2.24) is 9.55 Å². The third-order valence-electron chi connectivity index (χ3n) is 2.63. The van der Waals surface area contributed by atoms with E-state index in [1.165, 1.54) is 12.8 Å². The average molecular weight is 210 g/mol. The van der Waals surface area contributed by atoms with Gasteiger partial charge < -0.3 is 9.67 Å². The minimum atomic E-state index is -0.342. The van der Waals surface area contributed by atoms with E-state index in [0.717, 1.165) is 31.5 Å². The lowest BCUT2D eigenvalue weighted by Crippen LogP contribution is -2.06. The number of imidazole rings is 1. The van der Waals surface area contributed by atoms with Crippen molar-refractivity contribution in [3.63, 3.8) is 0 Å². The zero-order valence-corrected chi connectivity index (χ0v) is 9.82. The zero-order chi connectivity index (χ0) is 11.1. The molecule has 15 heavy (non-hydrogen) atoms. The van der Waals surface area contributed by atoms with Gasteiger partial charge in [-0.3, -0.25) is 0 Å². The summed E-state index contributed by atoms with van der Waals surface area (Å²) in [6.45, 7) is 5.25. The summed E-state index contributed by atoms with van der Waals surface area (Å²) in [5.74, 6) is 0. The van der Waals surface area contributed by atoms with Crippen LogP contribution >= 0.6 is 0 Å². The van der Waals surface area contributed by atoms with Gasteiger partial charge in [0, 0.05) is 6.54 Å². The summed E-state index contributed by atoms with van der Waals surface area (Å²) in [7, 11) is 0. The lowest BCUT2D eigenvalue weighted by molar-refractivity contribution is 0.154. The third-order valence-corrected chi connectivity index (χ3v) is 2.63. The topological polar surface area (TPSA) is 38.1 Å². The van der Waals surface area contributed by atoms with Gasteiger partial charge in [-0.2, -0.15) is 0 Å². The standard InChI is InChI=1S/C12H22N2O/c1-3-5-6-7-12(15)11-9-13-10-14(11)8-4-2/h9-10,12,15H,3-8H2,1-2H3. The molecule has 0 radical (unpaired) electrons. The Balaban J connectivity index is 2.48. The highest BCUT2D eigenvalue weighted by molar-refractivity contribution is 5.02. The van der Waals surface area contributed by atoms with Gasteiger partial charge in [0.25, 0.3) is 0 Å². The highest BCUT2D eigenvalue weighted by Gasteiger charge is 2.11. The maximum Gasteiger partial charge on any atom is 0.0955 e. The number of aliphatic hydroxyl groups excluding tert-OH is 1. The van der Waals surface area contributed by atoms with Gasteiger partial charge in [0.1, 0.15) is 0 Å². The summed E-state index contributed by atoms with van der Waals surface area (Å²) in [5, 5.41) is 9.98. The highest BCUT2D eigenvalue weighted by atomic mass is 16.3. The molecule has 86 valence electrons. The molecule has 1 N–H and O–H groups in total. The van der Waals surface area contributed by atoms with Crippen molar-refractivity contribution in [3.05, 3.63) is 18.2 Å². The molecule has 0 aromatic carbocycles. The number of aryl methyl sites for hydroxylation is 1. The number of rotatable bonds is 7. The molecule has 0 amide bonds. The van der Waals surface area contributed by atoms with Gasteiger partial charge in [-0.1, -0.05) is 33.1 Å². The Bertz CT molecular complexity index is 270. The summed E-state index contributed by atoms with van der Waals surface area (Å²) in [6, 6.07) is 0. The van der Waals surface area contributed by atoms with E-state index in [0.29, 0.717) is 0 Å². The summed E-state index contributed by atoms with van der Waals surface area (Å²) in [5.41, 5.74) is 0.966. The Hall–Kier alpha value is -0.830. The van der Waals surface area contributed by atoms with Crippen LogP contribution < -0.4 is 0 Å². The van der Waals surface area contributed by atoms with Crippen LogP contribution in [0.5, 0.6) is 0 Å². The van der Waals surface area contributed by atoms with E-state index in [9.17, 15) is 5.11 Å². The number of aromatic nitrogens is 2. The van der Waals surface area contributed by atoms with Crippen LogP contribution in [0, 0.1) is 0 Å². The second kappa shape index (κ2) is 6.62. The van der Waals surface area contributed by atoms with E-state index in [2.05, 4.69) is 23.4 Å². The number of hydrogen-bond acceptors (Lipinski definition) is 2. The molecule has 1 aromatic heterocycles. The Morgan fingerprint density at radius 2 is 2.13 bits per heavy atom. The molecule has 1 heterocycles. The molecule has 1 unspecified atom stereocenters. The molecule has 1 rings (SSSR count). The van der Waals surface area contributed by atoms with Crippen molar-refractivity contribution in [1.29, 1.82) is 0 Å². The van der Waals surface area contributed by atoms with Crippen LogP contribution in [0.15, 0.2) is 12.5 Å². The summed E-state index contributed by atoms with van der Waals surface area (Å²) in [6.07, 6.45) is 8.66. The molecule has 0 aliphatic carbocycles. The normalized spacial score (nSPS) is 13.0. The number of hydrogen-bond donors (Lipinski definition) is 1. The van der Waals surface area contributed by atoms with Crippen molar-refractivity contribution in [2.45, 2.75) is 58.6 Å². The average Bonchev–Trinajstić information content (AvgIpc) is 2.67. The second-order valence-electron chi connectivity index (χ2n) is 4.02. The first-order valence-corrected chi connectivity index (χ1v) is 5.97. The van der Waals surface area contributed by atoms with Crippen LogP contribution in [0.1, 0.15) is 57.7 Å². The first-order chi connectivity index (χ1) is 7.29. The Morgan fingerprint density at radius 1 is 1.33 bits per heavy atom. The fraction of sp³-hybridized carbons (Fsp3) is 0.750. The quantitative estimate of drug-likeness (QED) is 0.703. The van der Waals surface area contributed by atoms with Crippen molar-refractivity contribution < 1.29 is 5.11 Å². The first kappa shape index (κ1) is 12.2. The summed E-state index contributed by atoms with van der Waals surface area (Å²) < 4.78 is 2.05. The monoisotopic (exact) mass is 210 g/mol. The van der Waals surface area contributed by atoms with Gasteiger partial charge >= 0.3 is 0 Å². The van der Waals surface area contributed by atoms with Gasteiger partial charge in [-0.25, -0.2) is 4.98 Å². The van der Waals surface area contributed by atoms with Crippen LogP contribution in [0.4, 0.5) is 0 Å². The zero-order valence-electron chi connectivity index (χ0n) is 9.82. The molecule has 0 saturated carbocycles. The molecular weight excluding hydrogens is 188 g/mol. The highest BCUT2D eigenvalue weighted by Crippen LogP contribution is 2.19. The van der Waals surface area contributed by atoms with Crippen molar-refractivity contribution in [3.8, 4) is 0 Å². The van der Waals surface area contributed by atoms with E-state index in [1.807, 2.05) is 6.33 Å². The molecule has 1 aromatic rings. The molecule has 3 heteroatoms. The molecule has 0 aliphatic heterocycles. The fourth-order valence-electron chi connectivity index (χ4n) is 1.77. The summed E-state index contributed by atoms with van der Waals surface area (Å²) >= 11 is 0. The Morgan fingerprint density at radius 3 is 2.80 bits per heavy atom. The molecule has 0 spiro atoms. The predicted molar refractivity (Wildman–Crippen MR) is 61.6 cm³/mol. The third kappa shape index (κ3) is 3.67. The summed E-state index contributed by atoms with van der Waals surface area (Å²) in [4.78, 5) is 4.09. The molecular formula is C12H22N2O. The van der Waals surface area contributed by atoms with Crippen LogP contribution in [0.3, 0.4) is 0 Å². The molecule has 0 fully saturated rings. The molecule has 0 aliphatic rings. The van der Waals surface area contributed by atoms with E-state index in [1.54, 1.807) is 6.20 Å². The van der Waals surface area contributed by atoms with Crippen LogP contribution in [0.25, 0.3) is 0 Å². The van der Waals surface area contributed by atoms with Crippen LogP contribution in [-0.2, 0) is 6.54 Å². The lowest BCUT2D eigenvalue weighted by Gasteiger charge is -2.12. The molecule has 0 bridgehead atoms. The van der Waals surface area contributed by atoms with E-state index in [-0.39, 0.29) is 6.10 Å². The minimum absolute atomic E-state index is 0.342. The van der Waals surface area contributed by atoms with Gasteiger partial charge in [-0.05, 0) is 12.8 Å². The van der Waals surface area contributed by atoms with Gasteiger partial charge in [-0.15, -0.1) is 0 Å². The Kier molecular flexibility index (Phi) is 5.40. The first-order valence-electron chi connectivity index (χ1n) is 5.97. The Labute approximate surface area is 92.1 Å². The smallest absolute Gasteiger partial charge is 0.0955 e. The molecule has 3 nitrogen and oxygen atoms in total. The van der Waals surface area contributed by atoms with Gasteiger partial charge in [0.2, 0.25) is 0 Å². The van der Waals surface area contributed by atoms with Crippen molar-refractivity contribution in [2.24, 2.45) is 0 Å². The second-order valence-corrected chi connectivity index (χ2v) is 4.02. The SMILES string of the molecule is CCCCCC(O)c1cncn1CCC. The van der Waals surface area contributed by atoms with E-state index in [4.69, 9.17) is 0 Å². The largest absolute Gasteiger partial charge is 0.387 e. The number of nitrogens with zero attached hydrogens (tertiary/aromatic N) is 2. The number of unbranched alkanes of at least 4 members (excludes halogenated alkanes) is 2. The maximum absolute atomic E-state index is 9.98. The van der Waals surface area contributed by atoms with E-state index >= 15 is 0 Å².